The number of aliphatic hydroxyl groups is 1. The van der Waals surface area contributed by atoms with Crippen LogP contribution >= 0.6 is 0 Å². The summed E-state index contributed by atoms with van der Waals surface area (Å²) in [6, 6.07) is 2.46. The molecule has 0 spiro atoms. The molecular formula is C21H23F2N3O5. The highest BCUT2D eigenvalue weighted by Gasteiger charge is 2.54. The fourth-order valence-electron chi connectivity index (χ4n) is 3.85. The number of hydrogen-bond donors (Lipinski definition) is 2. The number of amides is 2. The van der Waals surface area contributed by atoms with Gasteiger partial charge in [0.1, 0.15) is 17.0 Å². The second kappa shape index (κ2) is 8.46. The molecule has 0 aliphatic carbocycles. The third-order valence-corrected chi connectivity index (χ3v) is 5.63. The van der Waals surface area contributed by atoms with Crippen LogP contribution in [-0.4, -0.2) is 58.8 Å². The Labute approximate surface area is 177 Å². The lowest BCUT2D eigenvalue weighted by Gasteiger charge is -2.43. The third-order valence-electron chi connectivity index (χ3n) is 5.63. The van der Waals surface area contributed by atoms with E-state index >= 15 is 0 Å². The number of carbonyl (C=O) groups excluding carboxylic acids is 3. The normalized spacial score (nSPS) is 22.0. The van der Waals surface area contributed by atoms with Gasteiger partial charge in [-0.2, -0.15) is 0 Å². The zero-order valence-electron chi connectivity index (χ0n) is 17.1. The van der Waals surface area contributed by atoms with Gasteiger partial charge < -0.3 is 25.4 Å². The molecule has 31 heavy (non-hydrogen) atoms. The highest BCUT2D eigenvalue weighted by atomic mass is 19.1. The van der Waals surface area contributed by atoms with Crippen LogP contribution in [0.2, 0.25) is 0 Å². The van der Waals surface area contributed by atoms with Crippen molar-refractivity contribution in [2.24, 2.45) is 11.1 Å². The number of carbonyl (C=O) groups is 3. The van der Waals surface area contributed by atoms with Gasteiger partial charge in [-0.05, 0) is 31.4 Å². The Kier molecular flexibility index (Phi) is 6.12. The molecule has 2 unspecified atom stereocenters. The molecule has 0 radical (unpaired) electrons. The molecule has 0 fully saturated rings. The average Bonchev–Trinajstić information content (AvgIpc) is 2.71. The number of fused-ring (bicyclic) bond motifs is 1. The first-order chi connectivity index (χ1) is 14.7. The Morgan fingerprint density at radius 1 is 1.32 bits per heavy atom. The summed E-state index contributed by atoms with van der Waals surface area (Å²) in [5.41, 5.74) is 3.52. The van der Waals surface area contributed by atoms with Crippen molar-refractivity contribution in [1.82, 2.24) is 9.80 Å². The molecule has 3 rings (SSSR count). The molecular weight excluding hydrogens is 412 g/mol. The van der Waals surface area contributed by atoms with E-state index in [4.69, 9.17) is 15.6 Å². The van der Waals surface area contributed by atoms with Crippen molar-refractivity contribution in [1.29, 1.82) is 0 Å². The van der Waals surface area contributed by atoms with Crippen molar-refractivity contribution >= 4 is 17.6 Å². The first-order valence-corrected chi connectivity index (χ1v) is 9.61. The SMILES string of the molecule is COC1=C2C(=O)N(C(C)CCO)C=CN2CC(Cc2ccc(F)cc2F)(C(N)=O)C1=O. The predicted molar refractivity (Wildman–Crippen MR) is 105 cm³/mol. The lowest BCUT2D eigenvalue weighted by Crippen LogP contribution is -2.58. The van der Waals surface area contributed by atoms with Gasteiger partial charge in [0.05, 0.1) is 7.11 Å². The number of ether oxygens (including phenoxy) is 1. The number of Topliss-reactive ketones (excluding diaryl/α,β-unsaturated/α-hetero) is 1. The molecule has 0 saturated heterocycles. The summed E-state index contributed by atoms with van der Waals surface area (Å²) in [6.07, 6.45) is 2.85. The molecule has 1 aromatic rings. The van der Waals surface area contributed by atoms with Crippen LogP contribution in [0, 0.1) is 17.0 Å². The molecule has 1 aromatic carbocycles. The molecule has 2 heterocycles. The van der Waals surface area contributed by atoms with Crippen LogP contribution in [0.1, 0.15) is 18.9 Å². The zero-order valence-corrected chi connectivity index (χ0v) is 17.1. The quantitative estimate of drug-likeness (QED) is 0.613. The number of nitrogens with two attached hydrogens (primary N) is 1. The average molecular weight is 435 g/mol. The van der Waals surface area contributed by atoms with Crippen molar-refractivity contribution in [2.75, 3.05) is 20.3 Å². The Morgan fingerprint density at radius 2 is 2.03 bits per heavy atom. The van der Waals surface area contributed by atoms with Gasteiger partial charge in [0, 0.05) is 37.7 Å². The van der Waals surface area contributed by atoms with Crippen LogP contribution in [0.15, 0.2) is 42.1 Å². The van der Waals surface area contributed by atoms with Crippen molar-refractivity contribution in [2.45, 2.75) is 25.8 Å². The number of rotatable bonds is 7. The van der Waals surface area contributed by atoms with Crippen molar-refractivity contribution < 1.29 is 33.0 Å². The van der Waals surface area contributed by atoms with Crippen molar-refractivity contribution in [3.8, 4) is 0 Å². The molecule has 10 heteroatoms. The maximum atomic E-state index is 14.3. The highest BCUT2D eigenvalue weighted by Crippen LogP contribution is 2.39. The fraction of sp³-hybridized carbons (Fsp3) is 0.381. The number of methoxy groups -OCH3 is 1. The van der Waals surface area contributed by atoms with Crippen molar-refractivity contribution in [3.63, 3.8) is 0 Å². The molecule has 2 aliphatic rings. The van der Waals surface area contributed by atoms with E-state index in [-0.39, 0.29) is 36.2 Å². The number of ketones is 1. The van der Waals surface area contributed by atoms with Crippen LogP contribution in [-0.2, 0) is 25.5 Å². The second-order valence-electron chi connectivity index (χ2n) is 7.57. The van der Waals surface area contributed by atoms with Crippen LogP contribution < -0.4 is 5.73 Å². The number of nitrogens with zero attached hydrogens (tertiary/aromatic N) is 2. The molecule has 3 N–H and O–H groups in total. The standard InChI is InChI=1S/C21H23F2N3O5/c1-12(5-8-27)26-7-6-25-11-21(20(24)30,10-13-3-4-14(22)9-15(13)23)18(28)17(31-2)16(25)19(26)29/h3-4,6-7,9,12,27H,5,8,10-11H2,1-2H3,(H2,24,30). The molecule has 0 aromatic heterocycles. The molecule has 2 amide bonds. The van der Waals surface area contributed by atoms with E-state index in [0.717, 1.165) is 12.1 Å². The zero-order chi connectivity index (χ0) is 22.9. The molecule has 8 nitrogen and oxygen atoms in total. The Hall–Kier alpha value is -3.27. The predicted octanol–water partition coefficient (Wildman–Crippen LogP) is 0.806. The van der Waals surface area contributed by atoms with E-state index in [0.29, 0.717) is 12.5 Å². The minimum absolute atomic E-state index is 0.0713. The number of hydrogen-bond acceptors (Lipinski definition) is 6. The van der Waals surface area contributed by atoms with E-state index in [1.807, 2.05) is 0 Å². The monoisotopic (exact) mass is 435 g/mol. The van der Waals surface area contributed by atoms with Gasteiger partial charge in [-0.15, -0.1) is 0 Å². The van der Waals surface area contributed by atoms with E-state index in [1.165, 1.54) is 29.3 Å². The summed E-state index contributed by atoms with van der Waals surface area (Å²) < 4.78 is 32.8. The van der Waals surface area contributed by atoms with Gasteiger partial charge in [-0.1, -0.05) is 6.07 Å². The summed E-state index contributed by atoms with van der Waals surface area (Å²) in [7, 11) is 1.18. The van der Waals surface area contributed by atoms with Gasteiger partial charge >= 0.3 is 0 Å². The minimum atomic E-state index is -1.93. The summed E-state index contributed by atoms with van der Waals surface area (Å²) in [4.78, 5) is 41.7. The molecule has 0 saturated carbocycles. The van der Waals surface area contributed by atoms with E-state index in [2.05, 4.69) is 0 Å². The maximum Gasteiger partial charge on any atom is 0.278 e. The molecule has 166 valence electrons. The van der Waals surface area contributed by atoms with Crippen LogP contribution in [0.5, 0.6) is 0 Å². The molecule has 2 atom stereocenters. The van der Waals surface area contributed by atoms with Crippen LogP contribution in [0.4, 0.5) is 8.78 Å². The first-order valence-electron chi connectivity index (χ1n) is 9.61. The number of benzene rings is 1. The van der Waals surface area contributed by atoms with Gasteiger partial charge in [-0.3, -0.25) is 14.4 Å². The summed E-state index contributed by atoms with van der Waals surface area (Å²) >= 11 is 0. The minimum Gasteiger partial charge on any atom is -0.491 e. The lowest BCUT2D eigenvalue weighted by molar-refractivity contribution is -0.145. The van der Waals surface area contributed by atoms with Crippen LogP contribution in [0.3, 0.4) is 0 Å². The van der Waals surface area contributed by atoms with E-state index < -0.39 is 41.1 Å². The molecule has 0 bridgehead atoms. The highest BCUT2D eigenvalue weighted by molar-refractivity contribution is 6.17. The van der Waals surface area contributed by atoms with Crippen LogP contribution in [0.25, 0.3) is 0 Å². The second-order valence-corrected chi connectivity index (χ2v) is 7.57. The number of aliphatic hydroxyl groups excluding tert-OH is 1. The van der Waals surface area contributed by atoms with Gasteiger partial charge in [0.15, 0.2) is 11.5 Å². The van der Waals surface area contributed by atoms with Gasteiger partial charge in [-0.25, -0.2) is 8.78 Å². The lowest BCUT2D eigenvalue weighted by atomic mass is 9.73. The fourth-order valence-corrected chi connectivity index (χ4v) is 3.85. The number of primary amides is 1. The van der Waals surface area contributed by atoms with E-state index in [1.54, 1.807) is 6.92 Å². The smallest absolute Gasteiger partial charge is 0.278 e. The Bertz CT molecular complexity index is 993. The Balaban J connectivity index is 2.07. The third kappa shape index (κ3) is 3.78. The van der Waals surface area contributed by atoms with Gasteiger partial charge in [0.2, 0.25) is 11.7 Å². The van der Waals surface area contributed by atoms with E-state index in [9.17, 15) is 23.2 Å². The summed E-state index contributed by atoms with van der Waals surface area (Å²) in [5, 5.41) is 9.17. The summed E-state index contributed by atoms with van der Waals surface area (Å²) in [5.74, 6) is -4.51. The molecule has 2 aliphatic heterocycles. The number of allylic oxidation sites excluding steroid dienone is 1. The topological polar surface area (TPSA) is 113 Å². The summed E-state index contributed by atoms with van der Waals surface area (Å²) in [6.45, 7) is 1.28. The largest absolute Gasteiger partial charge is 0.491 e. The van der Waals surface area contributed by atoms with Crippen molar-refractivity contribution in [3.05, 3.63) is 59.3 Å². The van der Waals surface area contributed by atoms with Gasteiger partial charge in [0.25, 0.3) is 5.91 Å². The first kappa shape index (κ1) is 22.4. The maximum absolute atomic E-state index is 14.3. The Morgan fingerprint density at radius 3 is 2.61 bits per heavy atom. The number of halogens is 2.